The number of fused-ring (bicyclic) bond motifs is 1. The zero-order valence-electron chi connectivity index (χ0n) is 14.1. The van der Waals surface area contributed by atoms with Gasteiger partial charge >= 0.3 is 0 Å². The van der Waals surface area contributed by atoms with Gasteiger partial charge in [-0.2, -0.15) is 0 Å². The molecule has 0 aromatic heterocycles. The molecular weight excluding hydrogens is 338 g/mol. The van der Waals surface area contributed by atoms with E-state index in [0.717, 1.165) is 22.1 Å². The number of hydrogen-bond donors (Lipinski definition) is 1. The first-order valence-corrected chi connectivity index (χ1v) is 7.79. The SMILES string of the molecule is Cc1cc(C)cc(NC(=O)CN2C(=O)c3cccc([N+](=O)[O-])c3C2=O)c1. The number of carbonyl (C=O) groups is 3. The number of aryl methyl sites for hydroxylation is 2. The Morgan fingerprint density at radius 1 is 1.12 bits per heavy atom. The zero-order chi connectivity index (χ0) is 19.0. The van der Waals surface area contributed by atoms with E-state index in [0.29, 0.717) is 5.69 Å². The first kappa shape index (κ1) is 17.3. The number of nitro groups is 1. The highest BCUT2D eigenvalue weighted by atomic mass is 16.6. The molecule has 1 aliphatic heterocycles. The van der Waals surface area contributed by atoms with Gasteiger partial charge in [0.05, 0.1) is 10.5 Å². The summed E-state index contributed by atoms with van der Waals surface area (Å²) in [6, 6.07) is 9.30. The Balaban J connectivity index is 1.82. The normalized spacial score (nSPS) is 12.9. The van der Waals surface area contributed by atoms with Crippen molar-refractivity contribution in [1.29, 1.82) is 0 Å². The summed E-state index contributed by atoms with van der Waals surface area (Å²) >= 11 is 0. The predicted molar refractivity (Wildman–Crippen MR) is 93.0 cm³/mol. The third-order valence-electron chi connectivity index (χ3n) is 3.98. The molecule has 0 spiro atoms. The van der Waals surface area contributed by atoms with Crippen LogP contribution in [0.4, 0.5) is 11.4 Å². The molecule has 0 saturated heterocycles. The van der Waals surface area contributed by atoms with Crippen LogP contribution in [-0.4, -0.2) is 34.1 Å². The summed E-state index contributed by atoms with van der Waals surface area (Å²) in [5, 5.41) is 13.7. The summed E-state index contributed by atoms with van der Waals surface area (Å²) in [4.78, 5) is 48.2. The van der Waals surface area contributed by atoms with E-state index in [1.54, 1.807) is 12.1 Å². The van der Waals surface area contributed by atoms with Gasteiger partial charge in [-0.25, -0.2) is 0 Å². The van der Waals surface area contributed by atoms with Crippen LogP contribution < -0.4 is 5.32 Å². The Kier molecular flexibility index (Phi) is 4.25. The average Bonchev–Trinajstić information content (AvgIpc) is 2.79. The molecule has 1 aliphatic rings. The molecule has 26 heavy (non-hydrogen) atoms. The summed E-state index contributed by atoms with van der Waals surface area (Å²) in [7, 11) is 0. The number of nitro benzene ring substituents is 1. The summed E-state index contributed by atoms with van der Waals surface area (Å²) in [6.07, 6.45) is 0. The third-order valence-corrected chi connectivity index (χ3v) is 3.98. The molecule has 8 heteroatoms. The molecular formula is C18H15N3O5. The fourth-order valence-electron chi connectivity index (χ4n) is 3.00. The molecule has 0 unspecified atom stereocenters. The maximum atomic E-state index is 12.4. The first-order chi connectivity index (χ1) is 12.3. The van der Waals surface area contributed by atoms with Crippen molar-refractivity contribution in [2.75, 3.05) is 11.9 Å². The van der Waals surface area contributed by atoms with E-state index in [-0.39, 0.29) is 11.1 Å². The molecule has 0 aliphatic carbocycles. The Bertz CT molecular complexity index is 947. The van der Waals surface area contributed by atoms with Gasteiger partial charge in [-0.1, -0.05) is 12.1 Å². The molecule has 3 rings (SSSR count). The highest BCUT2D eigenvalue weighted by molar-refractivity contribution is 6.24. The fourth-order valence-corrected chi connectivity index (χ4v) is 3.00. The average molecular weight is 353 g/mol. The van der Waals surface area contributed by atoms with Crippen molar-refractivity contribution in [2.24, 2.45) is 0 Å². The number of carbonyl (C=O) groups excluding carboxylic acids is 3. The number of anilines is 1. The van der Waals surface area contributed by atoms with Gasteiger partial charge in [0, 0.05) is 11.8 Å². The minimum absolute atomic E-state index is 0.0663. The standard InChI is InChI=1S/C18H15N3O5/c1-10-6-11(2)8-12(7-10)19-15(22)9-20-17(23)13-4-3-5-14(21(25)26)16(13)18(20)24/h3-8H,9H2,1-2H3,(H,19,22). The lowest BCUT2D eigenvalue weighted by molar-refractivity contribution is -0.385. The molecule has 0 atom stereocenters. The summed E-state index contributed by atoms with van der Waals surface area (Å²) in [5.74, 6) is -2.12. The molecule has 132 valence electrons. The Morgan fingerprint density at radius 2 is 1.77 bits per heavy atom. The quantitative estimate of drug-likeness (QED) is 0.516. The summed E-state index contributed by atoms with van der Waals surface area (Å²) in [6.45, 7) is 3.24. The molecule has 1 heterocycles. The van der Waals surface area contributed by atoms with Crippen molar-refractivity contribution in [3.8, 4) is 0 Å². The Morgan fingerprint density at radius 3 is 2.38 bits per heavy atom. The topological polar surface area (TPSA) is 110 Å². The number of nitrogens with one attached hydrogen (secondary N) is 1. The van der Waals surface area contributed by atoms with E-state index in [9.17, 15) is 24.5 Å². The highest BCUT2D eigenvalue weighted by Crippen LogP contribution is 2.30. The van der Waals surface area contributed by atoms with E-state index in [1.165, 1.54) is 12.1 Å². The number of rotatable bonds is 4. The molecule has 1 N–H and O–H groups in total. The van der Waals surface area contributed by atoms with Crippen molar-refractivity contribution in [3.63, 3.8) is 0 Å². The van der Waals surface area contributed by atoms with E-state index in [2.05, 4.69) is 5.32 Å². The fraction of sp³-hybridized carbons (Fsp3) is 0.167. The van der Waals surface area contributed by atoms with Gasteiger partial charge in [0.1, 0.15) is 12.1 Å². The first-order valence-electron chi connectivity index (χ1n) is 7.79. The van der Waals surface area contributed by atoms with Gasteiger partial charge in [0.15, 0.2) is 0 Å². The van der Waals surface area contributed by atoms with Gasteiger partial charge in [0.25, 0.3) is 17.5 Å². The van der Waals surface area contributed by atoms with Crippen LogP contribution in [0.2, 0.25) is 0 Å². The molecule has 3 amide bonds. The minimum Gasteiger partial charge on any atom is -0.325 e. The zero-order valence-corrected chi connectivity index (χ0v) is 14.1. The predicted octanol–water partition coefficient (Wildman–Crippen LogP) is 2.45. The Labute approximate surface area is 148 Å². The Hall–Kier alpha value is -3.55. The number of imide groups is 1. The van der Waals surface area contributed by atoms with Gasteiger partial charge in [-0.3, -0.25) is 29.4 Å². The van der Waals surface area contributed by atoms with E-state index in [1.807, 2.05) is 19.9 Å². The smallest absolute Gasteiger partial charge is 0.282 e. The van der Waals surface area contributed by atoms with Crippen LogP contribution in [0.25, 0.3) is 0 Å². The second-order valence-corrected chi connectivity index (χ2v) is 6.08. The van der Waals surface area contributed by atoms with Gasteiger partial charge in [-0.05, 0) is 43.2 Å². The van der Waals surface area contributed by atoms with Gasteiger partial charge in [-0.15, -0.1) is 0 Å². The lowest BCUT2D eigenvalue weighted by Crippen LogP contribution is -2.37. The molecule has 0 radical (unpaired) electrons. The number of benzene rings is 2. The second-order valence-electron chi connectivity index (χ2n) is 6.08. The molecule has 0 bridgehead atoms. The van der Waals surface area contributed by atoms with Crippen LogP contribution in [0.5, 0.6) is 0 Å². The van der Waals surface area contributed by atoms with E-state index >= 15 is 0 Å². The molecule has 8 nitrogen and oxygen atoms in total. The summed E-state index contributed by atoms with van der Waals surface area (Å²) in [5.41, 5.74) is 1.67. The van der Waals surface area contributed by atoms with Gasteiger partial charge < -0.3 is 5.32 Å². The largest absolute Gasteiger partial charge is 0.325 e. The summed E-state index contributed by atoms with van der Waals surface area (Å²) < 4.78 is 0. The number of nitrogens with zero attached hydrogens (tertiary/aromatic N) is 2. The van der Waals surface area contributed by atoms with Crippen LogP contribution in [0.1, 0.15) is 31.8 Å². The van der Waals surface area contributed by atoms with Crippen LogP contribution in [-0.2, 0) is 4.79 Å². The monoisotopic (exact) mass is 353 g/mol. The van der Waals surface area contributed by atoms with Crippen LogP contribution in [0.15, 0.2) is 36.4 Å². The second kappa shape index (κ2) is 6.40. The molecule has 2 aromatic rings. The van der Waals surface area contributed by atoms with E-state index in [4.69, 9.17) is 0 Å². The maximum Gasteiger partial charge on any atom is 0.282 e. The van der Waals surface area contributed by atoms with Crippen molar-refractivity contribution < 1.29 is 19.3 Å². The van der Waals surface area contributed by atoms with Crippen LogP contribution in [0, 0.1) is 24.0 Å². The minimum atomic E-state index is -0.840. The van der Waals surface area contributed by atoms with Crippen LogP contribution in [0.3, 0.4) is 0 Å². The molecule has 2 aromatic carbocycles. The lowest BCUT2D eigenvalue weighted by atomic mass is 10.1. The molecule has 0 saturated carbocycles. The molecule has 0 fully saturated rings. The van der Waals surface area contributed by atoms with Crippen LogP contribution >= 0.6 is 0 Å². The van der Waals surface area contributed by atoms with Crippen molar-refractivity contribution in [1.82, 2.24) is 4.90 Å². The highest BCUT2D eigenvalue weighted by Gasteiger charge is 2.41. The number of hydrogen-bond acceptors (Lipinski definition) is 5. The van der Waals surface area contributed by atoms with Gasteiger partial charge in [0.2, 0.25) is 5.91 Å². The lowest BCUT2D eigenvalue weighted by Gasteiger charge is -2.14. The number of amides is 3. The van der Waals surface area contributed by atoms with Crippen molar-refractivity contribution in [3.05, 3.63) is 68.8 Å². The van der Waals surface area contributed by atoms with Crippen molar-refractivity contribution >= 4 is 29.1 Å². The van der Waals surface area contributed by atoms with Crippen molar-refractivity contribution in [2.45, 2.75) is 13.8 Å². The van der Waals surface area contributed by atoms with E-state index < -0.39 is 34.9 Å². The maximum absolute atomic E-state index is 12.4. The third kappa shape index (κ3) is 3.04.